The highest BCUT2D eigenvalue weighted by atomic mass is 32.1. The van der Waals surface area contributed by atoms with E-state index in [0.717, 1.165) is 15.3 Å². The number of thiophene rings is 1. The maximum absolute atomic E-state index is 13.1. The quantitative estimate of drug-likeness (QED) is 0.778. The van der Waals surface area contributed by atoms with Crippen molar-refractivity contribution in [2.24, 2.45) is 5.92 Å². The van der Waals surface area contributed by atoms with Crippen LogP contribution in [0.3, 0.4) is 0 Å². The smallest absolute Gasteiger partial charge is 0.262 e. The molecular weight excluding hydrogens is 374 g/mol. The monoisotopic (exact) mass is 395 g/mol. The lowest BCUT2D eigenvalue weighted by Crippen LogP contribution is -2.47. The molecule has 0 saturated carbocycles. The summed E-state index contributed by atoms with van der Waals surface area (Å²) in [6.45, 7) is 7.57. The van der Waals surface area contributed by atoms with Gasteiger partial charge in [-0.1, -0.05) is 26.0 Å². The summed E-state index contributed by atoms with van der Waals surface area (Å²) in [5, 5.41) is 12.6. The van der Waals surface area contributed by atoms with Crippen LogP contribution in [-0.2, 0) is 4.79 Å². The fourth-order valence-corrected chi connectivity index (χ4v) is 4.33. The first-order chi connectivity index (χ1) is 13.3. The number of amides is 3. The highest BCUT2D eigenvalue weighted by Gasteiger charge is 2.43. The molecule has 1 aromatic carbocycles. The molecule has 0 radical (unpaired) electrons. The minimum Gasteiger partial charge on any atom is -0.315 e. The van der Waals surface area contributed by atoms with E-state index in [4.69, 9.17) is 0 Å². The third-order valence-corrected chi connectivity index (χ3v) is 5.99. The number of imide groups is 1. The lowest BCUT2D eigenvalue weighted by Gasteiger charge is -2.26. The number of nitrogens with one attached hydrogen (secondary N) is 1. The number of anilines is 1. The number of rotatable bonds is 5. The summed E-state index contributed by atoms with van der Waals surface area (Å²) in [6, 6.07) is 7.76. The van der Waals surface area contributed by atoms with Gasteiger partial charge in [-0.05, 0) is 43.9 Å². The molecule has 28 heavy (non-hydrogen) atoms. The van der Waals surface area contributed by atoms with Crippen LogP contribution in [0.2, 0.25) is 0 Å². The van der Waals surface area contributed by atoms with E-state index in [-0.39, 0.29) is 5.92 Å². The zero-order valence-electron chi connectivity index (χ0n) is 16.2. The van der Waals surface area contributed by atoms with Crippen molar-refractivity contribution in [1.82, 2.24) is 4.90 Å². The molecule has 7 heteroatoms. The number of fused-ring (bicyclic) bond motifs is 1. The second-order valence-electron chi connectivity index (χ2n) is 7.26. The van der Waals surface area contributed by atoms with Crippen molar-refractivity contribution < 1.29 is 14.4 Å². The number of aryl methyl sites for hydroxylation is 1. The fourth-order valence-electron chi connectivity index (χ4n) is 3.31. The Morgan fingerprint density at radius 1 is 1.18 bits per heavy atom. The lowest BCUT2D eigenvalue weighted by molar-refractivity contribution is -0.120. The van der Waals surface area contributed by atoms with Crippen molar-refractivity contribution in [2.45, 2.75) is 40.2 Å². The van der Waals surface area contributed by atoms with Crippen LogP contribution >= 0.6 is 11.3 Å². The normalized spacial score (nSPS) is 14.2. The van der Waals surface area contributed by atoms with E-state index in [0.29, 0.717) is 28.1 Å². The molecule has 1 aliphatic rings. The first kappa shape index (κ1) is 19.8. The van der Waals surface area contributed by atoms with Crippen LogP contribution in [0, 0.1) is 31.1 Å². The summed E-state index contributed by atoms with van der Waals surface area (Å²) < 4.78 is 0. The maximum atomic E-state index is 13.1. The standard InChI is InChI=1S/C21H21N3O3S/c1-11(2)9-17(18(25)23-19-16(10-22)12(3)13(4)28-19)24-20(26)14-7-5-6-8-15(14)21(24)27/h5-8,11,17H,9H2,1-4H3,(H,23,25)/t17-/m1/s1. The third-order valence-electron chi connectivity index (χ3n) is 4.87. The largest absolute Gasteiger partial charge is 0.315 e. The Bertz CT molecular complexity index is 981. The van der Waals surface area contributed by atoms with E-state index >= 15 is 0 Å². The van der Waals surface area contributed by atoms with E-state index in [2.05, 4.69) is 11.4 Å². The highest BCUT2D eigenvalue weighted by molar-refractivity contribution is 7.16. The van der Waals surface area contributed by atoms with E-state index in [1.54, 1.807) is 24.3 Å². The fraction of sp³-hybridized carbons (Fsp3) is 0.333. The Labute approximate surface area is 167 Å². The van der Waals surface area contributed by atoms with Gasteiger partial charge >= 0.3 is 0 Å². The first-order valence-corrected chi connectivity index (χ1v) is 9.85. The van der Waals surface area contributed by atoms with Crippen LogP contribution < -0.4 is 5.32 Å². The predicted molar refractivity (Wildman–Crippen MR) is 107 cm³/mol. The minimum absolute atomic E-state index is 0.0855. The molecule has 0 aliphatic carbocycles. The molecule has 1 atom stereocenters. The average Bonchev–Trinajstić information content (AvgIpc) is 3.06. The molecule has 0 fully saturated rings. The van der Waals surface area contributed by atoms with Crippen molar-refractivity contribution in [3.8, 4) is 6.07 Å². The number of hydrogen-bond donors (Lipinski definition) is 1. The van der Waals surface area contributed by atoms with E-state index in [1.807, 2.05) is 27.7 Å². The second-order valence-corrected chi connectivity index (χ2v) is 8.48. The van der Waals surface area contributed by atoms with E-state index < -0.39 is 23.8 Å². The van der Waals surface area contributed by atoms with Crippen molar-refractivity contribution >= 4 is 34.1 Å². The Morgan fingerprint density at radius 2 is 1.75 bits per heavy atom. The van der Waals surface area contributed by atoms with Crippen molar-refractivity contribution in [1.29, 1.82) is 5.26 Å². The van der Waals surface area contributed by atoms with Gasteiger partial charge in [-0.15, -0.1) is 11.3 Å². The summed E-state index contributed by atoms with van der Waals surface area (Å²) in [6.07, 6.45) is 0.336. The van der Waals surface area contributed by atoms with Crippen molar-refractivity contribution in [3.63, 3.8) is 0 Å². The van der Waals surface area contributed by atoms with Crippen LogP contribution in [0.1, 0.15) is 57.0 Å². The van der Waals surface area contributed by atoms with Gasteiger partial charge < -0.3 is 5.32 Å². The van der Waals surface area contributed by atoms with Crippen molar-refractivity contribution in [3.05, 3.63) is 51.4 Å². The lowest BCUT2D eigenvalue weighted by atomic mass is 10.0. The molecule has 1 N–H and O–H groups in total. The molecule has 2 aromatic rings. The summed E-state index contributed by atoms with van der Waals surface area (Å²) >= 11 is 1.32. The van der Waals surface area contributed by atoms with Gasteiger partial charge in [0, 0.05) is 4.88 Å². The number of carbonyl (C=O) groups excluding carboxylic acids is 3. The zero-order valence-corrected chi connectivity index (χ0v) is 17.0. The van der Waals surface area contributed by atoms with Crippen LogP contribution in [0.25, 0.3) is 0 Å². The number of hydrogen-bond acceptors (Lipinski definition) is 5. The van der Waals surface area contributed by atoms with Gasteiger partial charge in [0.25, 0.3) is 11.8 Å². The topological polar surface area (TPSA) is 90.3 Å². The predicted octanol–water partition coefficient (Wildman–Crippen LogP) is 3.89. The van der Waals surface area contributed by atoms with Gasteiger partial charge in [-0.3, -0.25) is 19.3 Å². The highest BCUT2D eigenvalue weighted by Crippen LogP contribution is 2.33. The maximum Gasteiger partial charge on any atom is 0.262 e. The Balaban J connectivity index is 1.95. The molecular formula is C21H21N3O3S. The number of nitriles is 1. The molecule has 6 nitrogen and oxygen atoms in total. The average molecular weight is 395 g/mol. The molecule has 0 bridgehead atoms. The number of nitrogens with zero attached hydrogens (tertiary/aromatic N) is 2. The number of benzene rings is 1. The van der Waals surface area contributed by atoms with Gasteiger partial charge in [0.2, 0.25) is 5.91 Å². The zero-order chi connectivity index (χ0) is 20.6. The summed E-state index contributed by atoms with van der Waals surface area (Å²) in [5.41, 5.74) is 1.87. The molecule has 2 heterocycles. The number of carbonyl (C=O) groups is 3. The molecule has 1 aliphatic heterocycles. The van der Waals surface area contributed by atoms with Gasteiger partial charge in [0.15, 0.2) is 0 Å². The van der Waals surface area contributed by atoms with Gasteiger partial charge in [-0.25, -0.2) is 0 Å². The third kappa shape index (κ3) is 3.32. The Morgan fingerprint density at radius 3 is 2.25 bits per heavy atom. The van der Waals surface area contributed by atoms with E-state index in [9.17, 15) is 19.6 Å². The molecule has 0 saturated heterocycles. The Kier molecular flexibility index (Phi) is 5.34. The summed E-state index contributed by atoms with van der Waals surface area (Å²) in [7, 11) is 0. The minimum atomic E-state index is -0.943. The molecule has 144 valence electrons. The Hall–Kier alpha value is -2.98. The van der Waals surface area contributed by atoms with Crippen molar-refractivity contribution in [2.75, 3.05) is 5.32 Å². The van der Waals surface area contributed by atoms with Crippen LogP contribution in [-0.4, -0.2) is 28.7 Å². The summed E-state index contributed by atoms with van der Waals surface area (Å²) in [4.78, 5) is 40.8. The van der Waals surface area contributed by atoms with Crippen LogP contribution in [0.4, 0.5) is 5.00 Å². The summed E-state index contributed by atoms with van der Waals surface area (Å²) in [5.74, 6) is -1.29. The van der Waals surface area contributed by atoms with Crippen LogP contribution in [0.15, 0.2) is 24.3 Å². The molecule has 1 aromatic heterocycles. The molecule has 3 amide bonds. The van der Waals surface area contributed by atoms with E-state index in [1.165, 1.54) is 11.3 Å². The molecule has 0 unspecified atom stereocenters. The first-order valence-electron chi connectivity index (χ1n) is 9.04. The van der Waals surface area contributed by atoms with Gasteiger partial charge in [0.1, 0.15) is 17.1 Å². The van der Waals surface area contributed by atoms with Gasteiger partial charge in [0.05, 0.1) is 16.7 Å². The van der Waals surface area contributed by atoms with Gasteiger partial charge in [-0.2, -0.15) is 5.26 Å². The van der Waals surface area contributed by atoms with Crippen LogP contribution in [0.5, 0.6) is 0 Å². The molecule has 0 spiro atoms. The second kappa shape index (κ2) is 7.56. The molecule has 3 rings (SSSR count). The SMILES string of the molecule is Cc1sc(NC(=O)[C@@H](CC(C)C)N2C(=O)c3ccccc3C2=O)c(C#N)c1C.